The molecule has 1 aromatic rings. The van der Waals surface area contributed by atoms with Gasteiger partial charge in [-0.2, -0.15) is 0 Å². The van der Waals surface area contributed by atoms with E-state index in [0.717, 1.165) is 5.56 Å². The fourth-order valence-corrected chi connectivity index (χ4v) is 1.45. The highest BCUT2D eigenvalue weighted by atomic mass is 32.1. The number of benzene rings is 1. The van der Waals surface area contributed by atoms with Gasteiger partial charge in [-0.1, -0.05) is 30.3 Å². The molecule has 1 atom stereocenters. The molecule has 1 aliphatic heterocycles. The SMILES string of the molecule is O=C(S)C1(c2ccccc2)CO1. The lowest BCUT2D eigenvalue weighted by Gasteiger charge is -2.05. The maximum absolute atomic E-state index is 11.1. The Bertz CT molecular complexity index is 304. The lowest BCUT2D eigenvalue weighted by Crippen LogP contribution is -2.16. The second-order valence-electron chi connectivity index (χ2n) is 2.79. The smallest absolute Gasteiger partial charge is 0.224 e. The molecule has 0 aliphatic carbocycles. The van der Waals surface area contributed by atoms with E-state index in [-0.39, 0.29) is 5.12 Å². The number of thiol groups is 1. The molecule has 0 bridgehead atoms. The molecule has 3 heteroatoms. The molecule has 62 valence electrons. The predicted molar refractivity (Wildman–Crippen MR) is 48.1 cm³/mol. The number of hydrogen-bond acceptors (Lipinski definition) is 2. The van der Waals surface area contributed by atoms with E-state index < -0.39 is 5.60 Å². The maximum Gasteiger partial charge on any atom is 0.224 e. The van der Waals surface area contributed by atoms with Crippen molar-refractivity contribution in [2.45, 2.75) is 5.60 Å². The van der Waals surface area contributed by atoms with E-state index in [2.05, 4.69) is 12.6 Å². The third-order valence-corrected chi connectivity index (χ3v) is 2.38. The normalized spacial score (nSPS) is 26.8. The van der Waals surface area contributed by atoms with Gasteiger partial charge < -0.3 is 4.74 Å². The third-order valence-electron chi connectivity index (χ3n) is 2.02. The van der Waals surface area contributed by atoms with E-state index in [1.165, 1.54) is 0 Å². The third kappa shape index (κ3) is 1.06. The van der Waals surface area contributed by atoms with Crippen LogP contribution in [0.5, 0.6) is 0 Å². The second-order valence-corrected chi connectivity index (χ2v) is 3.19. The van der Waals surface area contributed by atoms with E-state index in [0.29, 0.717) is 6.61 Å². The Hall–Kier alpha value is -0.800. The van der Waals surface area contributed by atoms with Crippen molar-refractivity contribution in [1.82, 2.24) is 0 Å². The van der Waals surface area contributed by atoms with Crippen LogP contribution >= 0.6 is 12.6 Å². The van der Waals surface area contributed by atoms with Gasteiger partial charge in [-0.25, -0.2) is 0 Å². The molecule has 0 spiro atoms. The first-order chi connectivity index (χ1) is 5.76. The molecule has 1 heterocycles. The Morgan fingerprint density at radius 3 is 2.42 bits per heavy atom. The van der Waals surface area contributed by atoms with Gasteiger partial charge in [0, 0.05) is 0 Å². The highest BCUT2D eigenvalue weighted by Gasteiger charge is 2.51. The first kappa shape index (κ1) is 7.83. The van der Waals surface area contributed by atoms with Crippen LogP contribution in [0.1, 0.15) is 5.56 Å². The van der Waals surface area contributed by atoms with Gasteiger partial charge in [0.2, 0.25) is 5.12 Å². The zero-order chi connectivity index (χ0) is 8.60. The standard InChI is InChI=1S/C9H8O2S/c10-8(12)9(6-11-9)7-4-2-1-3-5-7/h1-5H,6H2,(H,10,12). The number of epoxide rings is 1. The molecule has 2 nitrogen and oxygen atoms in total. The highest BCUT2D eigenvalue weighted by Crippen LogP contribution is 2.40. The van der Waals surface area contributed by atoms with Crippen molar-refractivity contribution in [2.24, 2.45) is 0 Å². The van der Waals surface area contributed by atoms with Gasteiger partial charge in [0.15, 0.2) is 5.60 Å². The van der Waals surface area contributed by atoms with Crippen molar-refractivity contribution in [3.8, 4) is 0 Å². The van der Waals surface area contributed by atoms with Crippen LogP contribution in [0.15, 0.2) is 30.3 Å². The lowest BCUT2D eigenvalue weighted by atomic mass is 10.0. The molecule has 0 saturated carbocycles. The van der Waals surface area contributed by atoms with E-state index >= 15 is 0 Å². The van der Waals surface area contributed by atoms with Crippen molar-refractivity contribution >= 4 is 17.7 Å². The van der Waals surface area contributed by atoms with Gasteiger partial charge in [0.1, 0.15) is 0 Å². The van der Waals surface area contributed by atoms with Crippen molar-refractivity contribution < 1.29 is 9.53 Å². The molecule has 1 aromatic carbocycles. The first-order valence-electron chi connectivity index (χ1n) is 3.68. The van der Waals surface area contributed by atoms with Crippen LogP contribution in [-0.4, -0.2) is 11.7 Å². The minimum absolute atomic E-state index is 0.214. The van der Waals surface area contributed by atoms with E-state index in [1.54, 1.807) is 0 Å². The van der Waals surface area contributed by atoms with Crippen molar-refractivity contribution in [1.29, 1.82) is 0 Å². The highest BCUT2D eigenvalue weighted by molar-refractivity contribution is 7.96. The summed E-state index contributed by atoms with van der Waals surface area (Å²) in [5.41, 5.74) is 0.162. The maximum atomic E-state index is 11.1. The Kier molecular flexibility index (Phi) is 1.70. The molecule has 0 aromatic heterocycles. The Morgan fingerprint density at radius 1 is 1.42 bits per heavy atom. The molecule has 2 rings (SSSR count). The van der Waals surface area contributed by atoms with E-state index in [1.807, 2.05) is 30.3 Å². The molecule has 0 radical (unpaired) electrons. The number of rotatable bonds is 2. The van der Waals surface area contributed by atoms with Gasteiger partial charge in [0.25, 0.3) is 0 Å². The van der Waals surface area contributed by atoms with Crippen LogP contribution in [0, 0.1) is 0 Å². The summed E-state index contributed by atoms with van der Waals surface area (Å²) in [7, 11) is 0. The Labute approximate surface area is 76.0 Å². The molecular formula is C9H8O2S. The van der Waals surface area contributed by atoms with Gasteiger partial charge in [0.05, 0.1) is 6.61 Å². The summed E-state index contributed by atoms with van der Waals surface area (Å²) < 4.78 is 5.12. The summed E-state index contributed by atoms with van der Waals surface area (Å²) in [6.45, 7) is 0.458. The van der Waals surface area contributed by atoms with Gasteiger partial charge in [-0.3, -0.25) is 4.79 Å². The molecule has 1 saturated heterocycles. The summed E-state index contributed by atoms with van der Waals surface area (Å²) in [5.74, 6) is 0. The summed E-state index contributed by atoms with van der Waals surface area (Å²) in [6.07, 6.45) is 0. The zero-order valence-corrected chi connectivity index (χ0v) is 7.25. The van der Waals surface area contributed by atoms with Crippen LogP contribution in [0.25, 0.3) is 0 Å². The average Bonchev–Trinajstić information content (AvgIpc) is 2.86. The Morgan fingerprint density at radius 2 is 2.00 bits per heavy atom. The fraction of sp³-hybridized carbons (Fsp3) is 0.222. The minimum atomic E-state index is -0.732. The van der Waals surface area contributed by atoms with Gasteiger partial charge in [-0.15, -0.1) is 12.6 Å². The minimum Gasteiger partial charge on any atom is -0.355 e. The van der Waals surface area contributed by atoms with Crippen LogP contribution in [0.2, 0.25) is 0 Å². The predicted octanol–water partition coefficient (Wildman–Crippen LogP) is 1.37. The molecule has 12 heavy (non-hydrogen) atoms. The fourth-order valence-electron chi connectivity index (χ4n) is 1.19. The topological polar surface area (TPSA) is 29.6 Å². The lowest BCUT2D eigenvalue weighted by molar-refractivity contribution is -0.115. The van der Waals surface area contributed by atoms with Crippen molar-refractivity contribution in [2.75, 3.05) is 6.61 Å². The molecule has 1 fully saturated rings. The van der Waals surface area contributed by atoms with Crippen molar-refractivity contribution in [3.63, 3.8) is 0 Å². The summed E-state index contributed by atoms with van der Waals surface area (Å²) >= 11 is 3.79. The summed E-state index contributed by atoms with van der Waals surface area (Å²) in [5, 5.41) is -0.214. The second kappa shape index (κ2) is 2.61. The van der Waals surface area contributed by atoms with Crippen LogP contribution in [-0.2, 0) is 15.1 Å². The summed E-state index contributed by atoms with van der Waals surface area (Å²) in [4.78, 5) is 11.1. The largest absolute Gasteiger partial charge is 0.355 e. The number of carbonyl (C=O) groups is 1. The van der Waals surface area contributed by atoms with Crippen LogP contribution in [0.3, 0.4) is 0 Å². The molecular weight excluding hydrogens is 172 g/mol. The van der Waals surface area contributed by atoms with Gasteiger partial charge >= 0.3 is 0 Å². The zero-order valence-electron chi connectivity index (χ0n) is 6.36. The quantitative estimate of drug-likeness (QED) is 0.550. The van der Waals surface area contributed by atoms with E-state index in [9.17, 15) is 4.79 Å². The van der Waals surface area contributed by atoms with E-state index in [4.69, 9.17) is 4.74 Å². The molecule has 0 N–H and O–H groups in total. The van der Waals surface area contributed by atoms with Crippen LogP contribution < -0.4 is 0 Å². The number of carbonyl (C=O) groups excluding carboxylic acids is 1. The number of hydrogen-bond donors (Lipinski definition) is 1. The first-order valence-corrected chi connectivity index (χ1v) is 4.13. The number of ether oxygens (including phenoxy) is 1. The molecule has 1 unspecified atom stereocenters. The average molecular weight is 180 g/mol. The van der Waals surface area contributed by atoms with Gasteiger partial charge in [-0.05, 0) is 5.56 Å². The Balaban J connectivity index is 2.37. The molecule has 1 aliphatic rings. The summed E-state index contributed by atoms with van der Waals surface area (Å²) in [6, 6.07) is 9.43. The molecule has 0 amide bonds. The van der Waals surface area contributed by atoms with Crippen molar-refractivity contribution in [3.05, 3.63) is 35.9 Å². The monoisotopic (exact) mass is 180 g/mol. The van der Waals surface area contributed by atoms with Crippen LogP contribution in [0.4, 0.5) is 0 Å².